The summed E-state index contributed by atoms with van der Waals surface area (Å²) in [5.74, 6) is 1.35. The maximum absolute atomic E-state index is 9.68. The molecule has 0 aromatic rings. The van der Waals surface area contributed by atoms with E-state index in [2.05, 4.69) is 20.4 Å². The van der Waals surface area contributed by atoms with Crippen LogP contribution in [0.1, 0.15) is 26.7 Å². The molecular formula is C10H16O. The highest BCUT2D eigenvalue weighted by Crippen LogP contribution is 2.66. The smallest absolute Gasteiger partial charge is 0.0602 e. The molecule has 2 fully saturated rings. The third-order valence-corrected chi connectivity index (χ3v) is 3.70. The third-order valence-electron chi connectivity index (χ3n) is 3.70. The molecule has 0 bridgehead atoms. The van der Waals surface area contributed by atoms with E-state index in [0.29, 0.717) is 5.92 Å². The molecule has 0 heterocycles. The van der Waals surface area contributed by atoms with Gasteiger partial charge in [0.25, 0.3) is 0 Å². The average molecular weight is 152 g/mol. The first kappa shape index (κ1) is 7.35. The maximum atomic E-state index is 9.68. The van der Waals surface area contributed by atoms with Crippen molar-refractivity contribution < 1.29 is 5.11 Å². The number of hydrogen-bond acceptors (Lipinski definition) is 1. The summed E-state index contributed by atoms with van der Waals surface area (Å²) in [5.41, 5.74) is 1.53. The standard InChI is InChI=1S/C10H16O/c1-6(2)7-4-9(11)10(3)5-8(7)10/h7-9,11H,1,4-5H2,2-3H3/t7-,8-,9+,10-/m0/s1. The lowest BCUT2D eigenvalue weighted by Crippen LogP contribution is -2.14. The van der Waals surface area contributed by atoms with Crippen LogP contribution in [0.4, 0.5) is 0 Å². The molecule has 0 saturated heterocycles. The van der Waals surface area contributed by atoms with Gasteiger partial charge < -0.3 is 5.11 Å². The Labute approximate surface area is 68.1 Å². The lowest BCUT2D eigenvalue weighted by Gasteiger charge is -2.13. The molecule has 0 unspecified atom stereocenters. The quantitative estimate of drug-likeness (QED) is 0.569. The second kappa shape index (κ2) is 1.89. The van der Waals surface area contributed by atoms with Crippen LogP contribution in [-0.2, 0) is 0 Å². The molecule has 0 radical (unpaired) electrons. The van der Waals surface area contributed by atoms with Gasteiger partial charge in [-0.3, -0.25) is 0 Å². The van der Waals surface area contributed by atoms with E-state index in [1.54, 1.807) is 0 Å². The zero-order valence-corrected chi connectivity index (χ0v) is 7.30. The van der Waals surface area contributed by atoms with Crippen molar-refractivity contribution in [2.24, 2.45) is 17.3 Å². The summed E-state index contributed by atoms with van der Waals surface area (Å²) in [7, 11) is 0. The Morgan fingerprint density at radius 2 is 2.27 bits per heavy atom. The summed E-state index contributed by atoms with van der Waals surface area (Å²) < 4.78 is 0. The van der Waals surface area contributed by atoms with Crippen LogP contribution >= 0.6 is 0 Å². The number of hydrogen-bond donors (Lipinski definition) is 1. The average Bonchev–Trinajstić information content (AvgIpc) is 2.51. The van der Waals surface area contributed by atoms with Gasteiger partial charge in [-0.1, -0.05) is 19.1 Å². The predicted octanol–water partition coefficient (Wildman–Crippen LogP) is 1.97. The first-order chi connectivity index (χ1) is 5.05. The van der Waals surface area contributed by atoms with Crippen molar-refractivity contribution in [1.29, 1.82) is 0 Å². The van der Waals surface area contributed by atoms with Gasteiger partial charge in [0.15, 0.2) is 0 Å². The highest BCUT2D eigenvalue weighted by atomic mass is 16.3. The van der Waals surface area contributed by atoms with Crippen molar-refractivity contribution in [3.8, 4) is 0 Å². The summed E-state index contributed by atoms with van der Waals surface area (Å²) in [6.07, 6.45) is 2.11. The van der Waals surface area contributed by atoms with Crippen molar-refractivity contribution in [1.82, 2.24) is 0 Å². The summed E-state index contributed by atoms with van der Waals surface area (Å²) >= 11 is 0. The summed E-state index contributed by atoms with van der Waals surface area (Å²) in [6.45, 7) is 8.25. The van der Waals surface area contributed by atoms with Crippen LogP contribution in [0.15, 0.2) is 12.2 Å². The number of aliphatic hydroxyl groups is 1. The van der Waals surface area contributed by atoms with E-state index in [-0.39, 0.29) is 11.5 Å². The second-order valence-corrected chi connectivity index (χ2v) is 4.52. The minimum Gasteiger partial charge on any atom is -0.393 e. The molecule has 0 aromatic carbocycles. The molecule has 1 nitrogen and oxygen atoms in total. The van der Waals surface area contributed by atoms with Crippen LogP contribution in [0.25, 0.3) is 0 Å². The first-order valence-electron chi connectivity index (χ1n) is 4.39. The minimum atomic E-state index is -0.0609. The van der Waals surface area contributed by atoms with Gasteiger partial charge in [0, 0.05) is 0 Å². The Morgan fingerprint density at radius 3 is 2.45 bits per heavy atom. The number of aliphatic hydroxyl groups excluding tert-OH is 1. The van der Waals surface area contributed by atoms with Gasteiger partial charge in [-0.25, -0.2) is 0 Å². The molecular weight excluding hydrogens is 136 g/mol. The summed E-state index contributed by atoms with van der Waals surface area (Å²) in [5, 5.41) is 9.68. The van der Waals surface area contributed by atoms with E-state index in [4.69, 9.17) is 0 Å². The summed E-state index contributed by atoms with van der Waals surface area (Å²) in [6, 6.07) is 0. The Balaban J connectivity index is 2.16. The summed E-state index contributed by atoms with van der Waals surface area (Å²) in [4.78, 5) is 0. The van der Waals surface area contributed by atoms with Crippen molar-refractivity contribution >= 4 is 0 Å². The van der Waals surface area contributed by atoms with Gasteiger partial charge in [-0.05, 0) is 37.0 Å². The highest BCUT2D eigenvalue weighted by Gasteiger charge is 2.63. The Kier molecular flexibility index (Phi) is 1.26. The molecule has 0 aromatic heterocycles. The number of rotatable bonds is 1. The van der Waals surface area contributed by atoms with Crippen molar-refractivity contribution in [2.45, 2.75) is 32.8 Å². The van der Waals surface area contributed by atoms with E-state index in [0.717, 1.165) is 12.3 Å². The molecule has 0 spiro atoms. The molecule has 0 amide bonds. The Bertz CT molecular complexity index is 209. The van der Waals surface area contributed by atoms with E-state index >= 15 is 0 Å². The molecule has 62 valence electrons. The van der Waals surface area contributed by atoms with Crippen LogP contribution in [0.5, 0.6) is 0 Å². The molecule has 4 atom stereocenters. The van der Waals surface area contributed by atoms with Crippen LogP contribution in [0.2, 0.25) is 0 Å². The molecule has 2 aliphatic carbocycles. The highest BCUT2D eigenvalue weighted by molar-refractivity contribution is 5.19. The molecule has 11 heavy (non-hydrogen) atoms. The van der Waals surface area contributed by atoms with E-state index < -0.39 is 0 Å². The van der Waals surface area contributed by atoms with Gasteiger partial charge in [0.1, 0.15) is 0 Å². The SMILES string of the molecule is C=C(C)[C@@H]1C[C@@H](O)[C@@]2(C)C[C@@H]12. The normalized spacial score (nSPS) is 53.9. The fourth-order valence-electron chi connectivity index (χ4n) is 2.62. The lowest BCUT2D eigenvalue weighted by atomic mass is 9.96. The van der Waals surface area contributed by atoms with Crippen molar-refractivity contribution in [3.63, 3.8) is 0 Å². The molecule has 2 rings (SSSR count). The van der Waals surface area contributed by atoms with Crippen LogP contribution in [0.3, 0.4) is 0 Å². The predicted molar refractivity (Wildman–Crippen MR) is 45.1 cm³/mol. The van der Waals surface area contributed by atoms with E-state index in [9.17, 15) is 5.11 Å². The van der Waals surface area contributed by atoms with E-state index in [1.807, 2.05) is 0 Å². The lowest BCUT2D eigenvalue weighted by molar-refractivity contribution is 0.111. The van der Waals surface area contributed by atoms with Crippen molar-refractivity contribution in [2.75, 3.05) is 0 Å². The fourth-order valence-corrected chi connectivity index (χ4v) is 2.62. The largest absolute Gasteiger partial charge is 0.393 e. The molecule has 2 aliphatic rings. The monoisotopic (exact) mass is 152 g/mol. The molecule has 0 aliphatic heterocycles. The first-order valence-corrected chi connectivity index (χ1v) is 4.39. The van der Waals surface area contributed by atoms with Gasteiger partial charge in [0.05, 0.1) is 6.10 Å². The minimum absolute atomic E-state index is 0.0609. The van der Waals surface area contributed by atoms with Crippen LogP contribution < -0.4 is 0 Å². The maximum Gasteiger partial charge on any atom is 0.0602 e. The Morgan fingerprint density at radius 1 is 1.64 bits per heavy atom. The number of fused-ring (bicyclic) bond motifs is 1. The molecule has 1 heteroatoms. The van der Waals surface area contributed by atoms with Gasteiger partial charge >= 0.3 is 0 Å². The van der Waals surface area contributed by atoms with Crippen LogP contribution in [-0.4, -0.2) is 11.2 Å². The van der Waals surface area contributed by atoms with E-state index in [1.165, 1.54) is 12.0 Å². The topological polar surface area (TPSA) is 20.2 Å². The Hall–Kier alpha value is -0.300. The molecule has 2 saturated carbocycles. The second-order valence-electron chi connectivity index (χ2n) is 4.52. The fraction of sp³-hybridized carbons (Fsp3) is 0.800. The van der Waals surface area contributed by atoms with Gasteiger partial charge in [-0.2, -0.15) is 0 Å². The molecule has 1 N–H and O–H groups in total. The van der Waals surface area contributed by atoms with Crippen molar-refractivity contribution in [3.05, 3.63) is 12.2 Å². The van der Waals surface area contributed by atoms with Gasteiger partial charge in [0.2, 0.25) is 0 Å². The zero-order chi connectivity index (χ0) is 8.22. The van der Waals surface area contributed by atoms with Gasteiger partial charge in [-0.15, -0.1) is 0 Å². The number of allylic oxidation sites excluding steroid dienone is 1. The third kappa shape index (κ3) is 0.807. The van der Waals surface area contributed by atoms with Crippen LogP contribution in [0, 0.1) is 17.3 Å². The zero-order valence-electron chi connectivity index (χ0n) is 7.30.